The average molecular weight is 824 g/mol. The van der Waals surface area contributed by atoms with Crippen LogP contribution in [0.4, 0.5) is 9.59 Å². The van der Waals surface area contributed by atoms with Gasteiger partial charge in [0.2, 0.25) is 11.8 Å². The molecular weight excluding hydrogens is 775 g/mol. The van der Waals surface area contributed by atoms with Crippen LogP contribution < -0.4 is 10.6 Å². The van der Waals surface area contributed by atoms with E-state index in [4.69, 9.17) is 19.7 Å². The lowest BCUT2D eigenvalue weighted by atomic mass is 10.0. The van der Waals surface area contributed by atoms with Crippen molar-refractivity contribution in [1.29, 1.82) is 0 Å². The van der Waals surface area contributed by atoms with Gasteiger partial charge in [0.25, 0.3) is 0 Å². The van der Waals surface area contributed by atoms with Crippen molar-refractivity contribution < 1.29 is 29.0 Å². The van der Waals surface area contributed by atoms with Crippen molar-refractivity contribution in [3.63, 3.8) is 0 Å². The van der Waals surface area contributed by atoms with Crippen LogP contribution in [0.15, 0.2) is 66.7 Å². The van der Waals surface area contributed by atoms with Gasteiger partial charge in [-0.3, -0.25) is 9.59 Å². The summed E-state index contributed by atoms with van der Waals surface area (Å²) in [4.78, 5) is 77.0. The van der Waals surface area contributed by atoms with Crippen molar-refractivity contribution in [2.75, 3.05) is 7.11 Å². The number of H-pyrrole nitrogens is 2. The minimum atomic E-state index is -1.20. The van der Waals surface area contributed by atoms with E-state index in [0.29, 0.717) is 17.7 Å². The fourth-order valence-electron chi connectivity index (χ4n) is 9.88. The summed E-state index contributed by atoms with van der Waals surface area (Å²) in [6.07, 6.45) is 1.71. The molecule has 5 heterocycles. The molecule has 2 saturated heterocycles. The van der Waals surface area contributed by atoms with Crippen LogP contribution in [-0.2, 0) is 14.3 Å². The maximum absolute atomic E-state index is 13.9. The molecule has 15 nitrogen and oxygen atoms in total. The molecule has 8 atom stereocenters. The topological polar surface area (TPSA) is 199 Å². The molecule has 2 saturated carbocycles. The predicted molar refractivity (Wildman–Crippen MR) is 228 cm³/mol. The summed E-state index contributed by atoms with van der Waals surface area (Å²) in [5.74, 6) is 1.71. The average Bonchev–Trinajstić information content (AvgIpc) is 3.91. The molecule has 314 valence electrons. The van der Waals surface area contributed by atoms with Crippen LogP contribution in [-0.4, -0.2) is 95.1 Å². The number of methoxy groups -OCH3 is 1. The van der Waals surface area contributed by atoms with Gasteiger partial charge in [0.1, 0.15) is 23.7 Å². The molecule has 10 rings (SSSR count). The van der Waals surface area contributed by atoms with Gasteiger partial charge in [-0.05, 0) is 103 Å². The van der Waals surface area contributed by atoms with Gasteiger partial charge in [-0.15, -0.1) is 0 Å². The number of fused-ring (bicyclic) bond motifs is 5. The van der Waals surface area contributed by atoms with Gasteiger partial charge in [-0.1, -0.05) is 52.0 Å². The van der Waals surface area contributed by atoms with E-state index >= 15 is 0 Å². The number of nitrogens with zero attached hydrogens (tertiary/aromatic N) is 5. The molecule has 2 aliphatic heterocycles. The molecule has 3 aromatic heterocycles. The van der Waals surface area contributed by atoms with E-state index in [2.05, 4.69) is 50.9 Å². The minimum absolute atomic E-state index is 0.105. The van der Waals surface area contributed by atoms with E-state index in [1.807, 2.05) is 73.9 Å². The van der Waals surface area contributed by atoms with Gasteiger partial charge in [0, 0.05) is 23.0 Å². The standard InChI is InChI=1S/C46H49N9O6/c1-21(2)39(52-45(58)59)43(56)54-35-17-27(35)19-37(54)42-49-32-13-9-26(16-34(32)51-42)30-11-8-25-14-23(6-10-29(25)47-30)24-7-12-31-33(15-24)50-41(48-31)38-20-28-18-36(28)55(38)44(57)40(22(3)4)53-46(60)61-5/h6-16,21-22,27-28,35-40,52H,17-20H2,1-5H3,(H,48,50)(H,49,51)(H,53,60)(H,58,59)/t27-,28-,35-,36-,37+,38+,39+,40+/m1/s1. The second-order valence-electron chi connectivity index (χ2n) is 18.0. The molecule has 0 bridgehead atoms. The highest BCUT2D eigenvalue weighted by molar-refractivity contribution is 5.91. The normalized spacial score (nSPS) is 23.7. The van der Waals surface area contributed by atoms with Crippen molar-refractivity contribution >= 4 is 57.0 Å². The summed E-state index contributed by atoms with van der Waals surface area (Å²) in [7, 11) is 1.30. The maximum atomic E-state index is 13.9. The molecule has 0 unspecified atom stereocenters. The number of ether oxygens (including phenoxy) is 1. The number of likely N-dealkylation sites (tertiary alicyclic amines) is 2. The summed E-state index contributed by atoms with van der Waals surface area (Å²) in [6, 6.07) is 20.8. The van der Waals surface area contributed by atoms with Crippen molar-refractivity contribution in [2.45, 2.75) is 89.6 Å². The number of hydrogen-bond donors (Lipinski definition) is 5. The zero-order chi connectivity index (χ0) is 42.4. The van der Waals surface area contributed by atoms with Crippen molar-refractivity contribution in [2.24, 2.45) is 23.7 Å². The van der Waals surface area contributed by atoms with Crippen LogP contribution in [0, 0.1) is 23.7 Å². The van der Waals surface area contributed by atoms with Crippen LogP contribution >= 0.6 is 0 Å². The second kappa shape index (κ2) is 14.6. The lowest BCUT2D eigenvalue weighted by Gasteiger charge is -2.31. The number of amides is 4. The molecule has 4 fully saturated rings. The quantitative estimate of drug-likeness (QED) is 0.0940. The number of carboxylic acid groups (broad SMARTS) is 1. The third kappa shape index (κ3) is 6.89. The highest BCUT2D eigenvalue weighted by atomic mass is 16.5. The SMILES string of the molecule is COC(=O)N[C@H](C(=O)N1[C@@H]2C[C@@H]2C[C@H]1c1nc2ccc(-c3ccc4nc(-c5ccc6nc([C@@H]7C[C@H]8C[C@H]8N7C(=O)[C@@H](NC(=O)O)C(C)C)[nH]c6c5)ccc4c3)cc2[nH]1)C(C)C. The second-order valence-corrected chi connectivity index (χ2v) is 18.0. The Morgan fingerprint density at radius 1 is 0.656 bits per heavy atom. The monoisotopic (exact) mass is 823 g/mol. The van der Waals surface area contributed by atoms with Gasteiger partial charge < -0.3 is 40.2 Å². The number of piperidine rings is 2. The first-order valence-corrected chi connectivity index (χ1v) is 21.2. The molecule has 61 heavy (non-hydrogen) atoms. The summed E-state index contributed by atoms with van der Waals surface area (Å²) >= 11 is 0. The third-order valence-corrected chi connectivity index (χ3v) is 13.3. The number of benzene rings is 3. The lowest BCUT2D eigenvalue weighted by Crippen LogP contribution is -2.52. The van der Waals surface area contributed by atoms with Crippen molar-refractivity contribution in [3.05, 3.63) is 78.4 Å². The lowest BCUT2D eigenvalue weighted by molar-refractivity contribution is -0.137. The van der Waals surface area contributed by atoms with Crippen LogP contribution in [0.5, 0.6) is 0 Å². The summed E-state index contributed by atoms with van der Waals surface area (Å²) < 4.78 is 4.81. The molecule has 6 aromatic rings. The van der Waals surface area contributed by atoms with Crippen LogP contribution in [0.2, 0.25) is 0 Å². The Morgan fingerprint density at radius 2 is 1.16 bits per heavy atom. The van der Waals surface area contributed by atoms with Crippen molar-refractivity contribution in [1.82, 2.24) is 45.4 Å². The molecule has 0 radical (unpaired) electrons. The molecule has 5 N–H and O–H groups in total. The Balaban J connectivity index is 0.872. The summed E-state index contributed by atoms with van der Waals surface area (Å²) in [5, 5.41) is 15.6. The Hall–Kier alpha value is -6.51. The van der Waals surface area contributed by atoms with Crippen LogP contribution in [0.25, 0.3) is 55.4 Å². The highest BCUT2D eigenvalue weighted by Crippen LogP contribution is 2.54. The predicted octanol–water partition coefficient (Wildman–Crippen LogP) is 7.32. The zero-order valence-electron chi connectivity index (χ0n) is 34.7. The number of alkyl carbamates (subject to hydrolysis) is 1. The number of pyridine rings is 1. The van der Waals surface area contributed by atoms with Gasteiger partial charge >= 0.3 is 12.2 Å². The fraction of sp³-hybridized carbons (Fsp3) is 0.413. The number of aromatic nitrogens is 5. The van der Waals surface area contributed by atoms with Gasteiger partial charge in [0.05, 0.1) is 52.5 Å². The molecule has 2 aliphatic carbocycles. The number of carbonyl (C=O) groups is 4. The fourth-order valence-corrected chi connectivity index (χ4v) is 9.88. The highest BCUT2D eigenvalue weighted by Gasteiger charge is 2.57. The Kier molecular flexibility index (Phi) is 9.25. The minimum Gasteiger partial charge on any atom is -0.465 e. The zero-order valence-corrected chi connectivity index (χ0v) is 34.7. The first-order valence-electron chi connectivity index (χ1n) is 21.2. The first kappa shape index (κ1) is 38.7. The van der Waals surface area contributed by atoms with E-state index in [1.54, 1.807) is 0 Å². The van der Waals surface area contributed by atoms with E-state index in [9.17, 15) is 24.3 Å². The van der Waals surface area contributed by atoms with E-state index in [1.165, 1.54) is 7.11 Å². The van der Waals surface area contributed by atoms with Crippen molar-refractivity contribution in [3.8, 4) is 22.4 Å². The number of imidazole rings is 2. The largest absolute Gasteiger partial charge is 0.465 e. The molecule has 0 spiro atoms. The van der Waals surface area contributed by atoms with Crippen LogP contribution in [0.3, 0.4) is 0 Å². The van der Waals surface area contributed by atoms with Gasteiger partial charge in [0.15, 0.2) is 0 Å². The van der Waals surface area contributed by atoms with E-state index < -0.39 is 24.3 Å². The molecular formula is C46H49N9O6. The summed E-state index contributed by atoms with van der Waals surface area (Å²) in [5.41, 5.74) is 8.02. The number of carbonyl (C=O) groups excluding carboxylic acids is 3. The molecule has 4 aliphatic rings. The Labute approximate surface area is 351 Å². The number of nitrogens with one attached hydrogen (secondary N) is 4. The first-order chi connectivity index (χ1) is 29.3. The summed E-state index contributed by atoms with van der Waals surface area (Å²) in [6.45, 7) is 7.54. The smallest absolute Gasteiger partial charge is 0.407 e. The third-order valence-electron chi connectivity index (χ3n) is 13.3. The van der Waals surface area contributed by atoms with Gasteiger partial charge in [-0.2, -0.15) is 0 Å². The Morgan fingerprint density at radius 3 is 1.70 bits per heavy atom. The van der Waals surface area contributed by atoms with Crippen LogP contribution in [0.1, 0.15) is 77.1 Å². The number of rotatable bonds is 10. The molecule has 4 amide bonds. The van der Waals surface area contributed by atoms with E-state index in [-0.39, 0.29) is 47.8 Å². The number of aromatic amines is 2. The Bertz CT molecular complexity index is 2760. The number of hydrogen-bond acceptors (Lipinski definition) is 8. The maximum Gasteiger partial charge on any atom is 0.407 e. The molecule has 15 heteroatoms. The van der Waals surface area contributed by atoms with Gasteiger partial charge in [-0.25, -0.2) is 24.5 Å². The molecule has 3 aromatic carbocycles. The van der Waals surface area contributed by atoms with E-state index in [0.717, 1.165) is 86.9 Å².